The highest BCUT2D eigenvalue weighted by molar-refractivity contribution is 4.74. The van der Waals surface area contributed by atoms with Crippen LogP contribution in [0.25, 0.3) is 0 Å². The van der Waals surface area contributed by atoms with Crippen molar-refractivity contribution < 1.29 is 8.78 Å². The normalized spacial score (nSPS) is 10.0. The topological polar surface area (TPSA) is 0 Å². The predicted molar refractivity (Wildman–Crippen MR) is 41.3 cm³/mol. The SMILES string of the molecule is C/C=C/CF.CC/C=C/F. The minimum atomic E-state index is -0.337. The fourth-order valence-corrected chi connectivity index (χ4v) is 0.178. The number of alkyl halides is 1. The molecule has 60 valence electrons. The van der Waals surface area contributed by atoms with Crippen LogP contribution in [-0.4, -0.2) is 6.67 Å². The molecule has 0 amide bonds. The standard InChI is InChI=1S/2C4H7F/c2*1-2-3-4-5/h3-4H,2H2,1H3;2-3H,4H2,1H3/b4-3+;3-2+. The van der Waals surface area contributed by atoms with E-state index in [1.165, 1.54) is 12.2 Å². The molecule has 0 aromatic rings. The van der Waals surface area contributed by atoms with E-state index in [1.54, 1.807) is 13.0 Å². The molecule has 0 bridgehead atoms. The van der Waals surface area contributed by atoms with Crippen molar-refractivity contribution in [3.05, 3.63) is 24.6 Å². The molecular formula is C8H14F2. The lowest BCUT2D eigenvalue weighted by Gasteiger charge is -1.62. The molecular weight excluding hydrogens is 134 g/mol. The number of halogens is 2. The van der Waals surface area contributed by atoms with Crippen LogP contribution >= 0.6 is 0 Å². The Morgan fingerprint density at radius 1 is 1.30 bits per heavy atom. The van der Waals surface area contributed by atoms with Gasteiger partial charge in [-0.1, -0.05) is 25.2 Å². The van der Waals surface area contributed by atoms with Gasteiger partial charge < -0.3 is 0 Å². The summed E-state index contributed by atoms with van der Waals surface area (Å²) in [5.74, 6) is 0. The number of rotatable bonds is 2. The number of hydrogen-bond donors (Lipinski definition) is 0. The summed E-state index contributed by atoms with van der Waals surface area (Å²) in [5, 5.41) is 0. The van der Waals surface area contributed by atoms with E-state index in [9.17, 15) is 8.78 Å². The molecule has 0 aromatic carbocycles. The molecule has 0 aliphatic rings. The van der Waals surface area contributed by atoms with Crippen LogP contribution in [0.3, 0.4) is 0 Å². The quantitative estimate of drug-likeness (QED) is 0.526. The maximum absolute atomic E-state index is 10.9. The zero-order chi connectivity index (χ0) is 8.24. The van der Waals surface area contributed by atoms with Crippen molar-refractivity contribution in [2.45, 2.75) is 20.3 Å². The summed E-state index contributed by atoms with van der Waals surface area (Å²) in [6, 6.07) is 0. The third kappa shape index (κ3) is 26.4. The first kappa shape index (κ1) is 12.1. The minimum absolute atomic E-state index is 0.337. The van der Waals surface area contributed by atoms with Crippen LogP contribution < -0.4 is 0 Å². The van der Waals surface area contributed by atoms with Gasteiger partial charge in [-0.15, -0.1) is 0 Å². The summed E-state index contributed by atoms with van der Waals surface area (Å²) in [6.45, 7) is 3.34. The second kappa shape index (κ2) is 15.8. The highest BCUT2D eigenvalue weighted by Crippen LogP contribution is 1.76. The van der Waals surface area contributed by atoms with Crippen LogP contribution in [0.5, 0.6) is 0 Å². The van der Waals surface area contributed by atoms with Gasteiger partial charge in [0, 0.05) is 0 Å². The van der Waals surface area contributed by atoms with Crippen LogP contribution in [0.4, 0.5) is 8.78 Å². The first-order chi connectivity index (χ1) is 4.83. The molecule has 0 nitrogen and oxygen atoms in total. The summed E-state index contributed by atoms with van der Waals surface area (Å²) in [5.41, 5.74) is 0. The van der Waals surface area contributed by atoms with E-state index in [-0.39, 0.29) is 6.67 Å². The molecule has 0 unspecified atom stereocenters. The van der Waals surface area contributed by atoms with Crippen LogP contribution in [0, 0.1) is 0 Å². The molecule has 0 saturated carbocycles. The lowest BCUT2D eigenvalue weighted by Crippen LogP contribution is -1.53. The van der Waals surface area contributed by atoms with Crippen molar-refractivity contribution in [1.82, 2.24) is 0 Å². The van der Waals surface area contributed by atoms with Crippen LogP contribution in [-0.2, 0) is 0 Å². The summed E-state index contributed by atoms with van der Waals surface area (Å²) in [7, 11) is 0. The molecule has 0 aliphatic heterocycles. The summed E-state index contributed by atoms with van der Waals surface area (Å²) in [4.78, 5) is 0. The lowest BCUT2D eigenvalue weighted by atomic mass is 10.5. The molecule has 0 rings (SSSR count). The monoisotopic (exact) mass is 148 g/mol. The largest absolute Gasteiger partial charge is 0.247 e. The van der Waals surface area contributed by atoms with Crippen molar-refractivity contribution in [2.75, 3.05) is 6.67 Å². The average Bonchev–Trinajstić information content (AvgIpc) is 1.93. The number of hydrogen-bond acceptors (Lipinski definition) is 0. The van der Waals surface area contributed by atoms with Crippen LogP contribution in [0.15, 0.2) is 24.6 Å². The highest BCUT2D eigenvalue weighted by atomic mass is 19.1. The molecule has 0 fully saturated rings. The van der Waals surface area contributed by atoms with Gasteiger partial charge >= 0.3 is 0 Å². The molecule has 0 spiro atoms. The van der Waals surface area contributed by atoms with Crippen LogP contribution in [0.1, 0.15) is 20.3 Å². The Kier molecular flexibility index (Phi) is 19.0. The van der Waals surface area contributed by atoms with Crippen molar-refractivity contribution in [3.8, 4) is 0 Å². The Morgan fingerprint density at radius 3 is 1.90 bits per heavy atom. The van der Waals surface area contributed by atoms with E-state index in [2.05, 4.69) is 0 Å². The molecule has 0 radical (unpaired) electrons. The van der Waals surface area contributed by atoms with E-state index in [0.29, 0.717) is 6.33 Å². The zero-order valence-corrected chi connectivity index (χ0v) is 6.48. The molecule has 0 N–H and O–H groups in total. The van der Waals surface area contributed by atoms with E-state index >= 15 is 0 Å². The molecule has 0 aliphatic carbocycles. The Hall–Kier alpha value is -0.660. The smallest absolute Gasteiger partial charge is 0.108 e. The van der Waals surface area contributed by atoms with Crippen LogP contribution in [0.2, 0.25) is 0 Å². The van der Waals surface area contributed by atoms with E-state index in [0.717, 1.165) is 6.42 Å². The second-order valence-electron chi connectivity index (χ2n) is 1.49. The van der Waals surface area contributed by atoms with Gasteiger partial charge in [-0.2, -0.15) is 0 Å². The molecule has 0 atom stereocenters. The van der Waals surface area contributed by atoms with E-state index in [4.69, 9.17) is 0 Å². The van der Waals surface area contributed by atoms with Gasteiger partial charge in [0.15, 0.2) is 0 Å². The lowest BCUT2D eigenvalue weighted by molar-refractivity contribution is 0.561. The third-order valence-corrected chi connectivity index (χ3v) is 0.650. The van der Waals surface area contributed by atoms with E-state index in [1.807, 2.05) is 6.92 Å². The minimum Gasteiger partial charge on any atom is -0.247 e. The van der Waals surface area contributed by atoms with Gasteiger partial charge in [0.1, 0.15) is 6.67 Å². The fourth-order valence-electron chi connectivity index (χ4n) is 0.178. The molecule has 2 heteroatoms. The van der Waals surface area contributed by atoms with Crippen molar-refractivity contribution in [2.24, 2.45) is 0 Å². The molecule has 0 saturated heterocycles. The fraction of sp³-hybridized carbons (Fsp3) is 0.500. The van der Waals surface area contributed by atoms with Gasteiger partial charge in [-0.05, 0) is 13.3 Å². The third-order valence-electron chi connectivity index (χ3n) is 0.650. The zero-order valence-electron chi connectivity index (χ0n) is 6.48. The Labute approximate surface area is 61.3 Å². The molecule has 0 aromatic heterocycles. The highest BCUT2D eigenvalue weighted by Gasteiger charge is 1.56. The van der Waals surface area contributed by atoms with Gasteiger partial charge in [0.25, 0.3) is 0 Å². The second-order valence-corrected chi connectivity index (χ2v) is 1.49. The Balaban J connectivity index is 0. The predicted octanol–water partition coefficient (Wildman–Crippen LogP) is 3.41. The summed E-state index contributed by atoms with van der Waals surface area (Å²) in [6.07, 6.45) is 5.94. The van der Waals surface area contributed by atoms with Gasteiger partial charge in [0.05, 0.1) is 6.33 Å². The average molecular weight is 148 g/mol. The van der Waals surface area contributed by atoms with Gasteiger partial charge in [-0.25, -0.2) is 8.78 Å². The molecule has 10 heavy (non-hydrogen) atoms. The first-order valence-corrected chi connectivity index (χ1v) is 3.25. The van der Waals surface area contributed by atoms with Gasteiger partial charge in [0.2, 0.25) is 0 Å². The van der Waals surface area contributed by atoms with Gasteiger partial charge in [-0.3, -0.25) is 0 Å². The van der Waals surface area contributed by atoms with E-state index < -0.39 is 0 Å². The Morgan fingerprint density at radius 2 is 1.90 bits per heavy atom. The first-order valence-electron chi connectivity index (χ1n) is 3.25. The summed E-state index contributed by atoms with van der Waals surface area (Å²) >= 11 is 0. The molecule has 0 heterocycles. The van der Waals surface area contributed by atoms with Crippen molar-refractivity contribution in [3.63, 3.8) is 0 Å². The summed E-state index contributed by atoms with van der Waals surface area (Å²) < 4.78 is 21.7. The maximum atomic E-state index is 10.9. The van der Waals surface area contributed by atoms with Crippen molar-refractivity contribution in [1.29, 1.82) is 0 Å². The van der Waals surface area contributed by atoms with Crippen molar-refractivity contribution >= 4 is 0 Å². The maximum Gasteiger partial charge on any atom is 0.108 e. The number of allylic oxidation sites excluding steroid dienone is 3. The Bertz CT molecular complexity index is 73.3.